The van der Waals surface area contributed by atoms with E-state index in [4.69, 9.17) is 11.5 Å². The number of rotatable bonds is 2. The predicted octanol–water partition coefficient (Wildman–Crippen LogP) is 4.86. The first-order chi connectivity index (χ1) is 8.85. The number of hydrogen-bond donors (Lipinski definition) is 2. The van der Waals surface area contributed by atoms with Crippen molar-refractivity contribution in [2.45, 2.75) is 5.66 Å². The van der Waals surface area contributed by atoms with Crippen LogP contribution < -0.4 is 11.5 Å². The quantitative estimate of drug-likeness (QED) is 0.342. The van der Waals surface area contributed by atoms with Gasteiger partial charge in [-0.3, -0.25) is 0 Å². The molecule has 0 aromatic heterocycles. The first-order valence-corrected chi connectivity index (χ1v) is 8.49. The van der Waals surface area contributed by atoms with E-state index in [0.717, 1.165) is 29.0 Å². The van der Waals surface area contributed by atoms with Gasteiger partial charge >= 0.3 is 0 Å². The molecule has 100 valence electrons. The summed E-state index contributed by atoms with van der Waals surface area (Å²) in [5.74, 6) is 0. The summed E-state index contributed by atoms with van der Waals surface area (Å²) in [6.07, 6.45) is 0. The molecule has 0 saturated carbocycles. The van der Waals surface area contributed by atoms with Gasteiger partial charge in [0.25, 0.3) is 0 Å². The molecule has 0 atom stereocenters. The van der Waals surface area contributed by atoms with Crippen LogP contribution in [0.15, 0.2) is 54.3 Å². The molecule has 2 aromatic carbocycles. The second-order valence-corrected chi connectivity index (χ2v) is 7.32. The van der Waals surface area contributed by atoms with Crippen molar-refractivity contribution in [1.29, 1.82) is 0 Å². The molecule has 0 aliphatic rings. The number of nitrogens with two attached hydrogens (primary N) is 2. The van der Waals surface area contributed by atoms with Crippen LogP contribution in [0.3, 0.4) is 0 Å². The van der Waals surface area contributed by atoms with Crippen molar-refractivity contribution in [1.82, 2.24) is 0 Å². The monoisotopic (exact) mass is 510 g/mol. The summed E-state index contributed by atoms with van der Waals surface area (Å²) in [7, 11) is 0. The Kier molecular flexibility index (Phi) is 4.91. The van der Waals surface area contributed by atoms with Crippen molar-refractivity contribution in [3.63, 3.8) is 0 Å². The lowest BCUT2D eigenvalue weighted by molar-refractivity contribution is 0.564. The lowest BCUT2D eigenvalue weighted by Crippen LogP contribution is -2.47. The van der Waals surface area contributed by atoms with E-state index >= 15 is 0 Å². The Morgan fingerprint density at radius 2 is 1.37 bits per heavy atom. The summed E-state index contributed by atoms with van der Waals surface area (Å²) in [5.41, 5.74) is 13.2. The molecule has 0 spiro atoms. The van der Waals surface area contributed by atoms with Gasteiger partial charge in [-0.1, -0.05) is 30.3 Å². The third-order valence-corrected chi connectivity index (χ3v) is 7.46. The number of benzene rings is 2. The Bertz CT molecular complexity index is 612. The largest absolute Gasteiger partial charge is 0.306 e. The van der Waals surface area contributed by atoms with E-state index < -0.39 is 5.66 Å². The average molecular weight is 514 g/mol. The Morgan fingerprint density at radius 3 is 1.95 bits per heavy atom. The Hall–Kier alpha value is 0.280. The van der Waals surface area contributed by atoms with Gasteiger partial charge in [0, 0.05) is 23.5 Å². The molecule has 0 unspecified atom stereocenters. The SMILES string of the molecule is NC(N)(c1ccccc1)c1cc(Br)c(Br)c(Br)c1Br. The molecule has 0 amide bonds. The van der Waals surface area contributed by atoms with Crippen LogP contribution >= 0.6 is 63.7 Å². The minimum atomic E-state index is -1.08. The van der Waals surface area contributed by atoms with Gasteiger partial charge in [0.05, 0.1) is 0 Å². The van der Waals surface area contributed by atoms with Crippen LogP contribution in [0.4, 0.5) is 0 Å². The lowest BCUT2D eigenvalue weighted by Gasteiger charge is -2.28. The summed E-state index contributed by atoms with van der Waals surface area (Å²) >= 11 is 14.0. The van der Waals surface area contributed by atoms with Crippen molar-refractivity contribution in [3.8, 4) is 0 Å². The molecule has 0 heterocycles. The summed E-state index contributed by atoms with van der Waals surface area (Å²) in [6, 6.07) is 11.5. The van der Waals surface area contributed by atoms with Crippen LogP contribution in [0.25, 0.3) is 0 Å². The van der Waals surface area contributed by atoms with E-state index in [2.05, 4.69) is 63.7 Å². The molecule has 0 aliphatic carbocycles. The van der Waals surface area contributed by atoms with Crippen LogP contribution in [-0.2, 0) is 5.66 Å². The molecule has 4 N–H and O–H groups in total. The molecule has 6 heteroatoms. The van der Waals surface area contributed by atoms with E-state index in [0.29, 0.717) is 0 Å². The topological polar surface area (TPSA) is 52.0 Å². The summed E-state index contributed by atoms with van der Waals surface area (Å²) < 4.78 is 3.49. The molecule has 0 saturated heterocycles. The fourth-order valence-electron chi connectivity index (χ4n) is 1.74. The Balaban J connectivity index is 2.65. The van der Waals surface area contributed by atoms with Gasteiger partial charge in [-0.25, -0.2) is 0 Å². The van der Waals surface area contributed by atoms with E-state index in [9.17, 15) is 0 Å². The summed E-state index contributed by atoms with van der Waals surface area (Å²) in [6.45, 7) is 0. The highest BCUT2D eigenvalue weighted by Crippen LogP contribution is 2.42. The highest BCUT2D eigenvalue weighted by Gasteiger charge is 2.29. The second kappa shape index (κ2) is 5.95. The minimum Gasteiger partial charge on any atom is -0.306 e. The molecule has 0 bridgehead atoms. The molecule has 2 rings (SSSR count). The molecular weight excluding hydrogens is 504 g/mol. The van der Waals surface area contributed by atoms with Crippen LogP contribution in [0.5, 0.6) is 0 Å². The first-order valence-electron chi connectivity index (χ1n) is 5.32. The van der Waals surface area contributed by atoms with Crippen LogP contribution in [0, 0.1) is 0 Å². The molecule has 2 aromatic rings. The fourth-order valence-corrected chi connectivity index (χ4v) is 4.08. The highest BCUT2D eigenvalue weighted by atomic mass is 79.9. The Morgan fingerprint density at radius 1 is 0.789 bits per heavy atom. The van der Waals surface area contributed by atoms with E-state index in [1.165, 1.54) is 0 Å². The highest BCUT2D eigenvalue weighted by molar-refractivity contribution is 9.15. The zero-order valence-electron chi connectivity index (χ0n) is 9.63. The van der Waals surface area contributed by atoms with Crippen molar-refractivity contribution in [2.75, 3.05) is 0 Å². The van der Waals surface area contributed by atoms with E-state index in [-0.39, 0.29) is 0 Å². The maximum Gasteiger partial charge on any atom is 0.117 e. The third kappa shape index (κ3) is 2.99. The van der Waals surface area contributed by atoms with Crippen molar-refractivity contribution in [3.05, 3.63) is 65.4 Å². The van der Waals surface area contributed by atoms with Crippen molar-refractivity contribution >= 4 is 63.7 Å². The molecule has 2 nitrogen and oxygen atoms in total. The fraction of sp³-hybridized carbons (Fsp3) is 0.0769. The lowest BCUT2D eigenvalue weighted by atomic mass is 9.93. The maximum atomic E-state index is 6.34. The van der Waals surface area contributed by atoms with Gasteiger partial charge < -0.3 is 11.5 Å². The molecule has 0 fully saturated rings. The molecular formula is C13H10Br4N2. The number of halogens is 4. The first kappa shape index (κ1) is 15.7. The molecule has 0 radical (unpaired) electrons. The smallest absolute Gasteiger partial charge is 0.117 e. The maximum absolute atomic E-state index is 6.34. The van der Waals surface area contributed by atoms with Crippen LogP contribution in [0.2, 0.25) is 0 Å². The van der Waals surface area contributed by atoms with Gasteiger partial charge in [0.2, 0.25) is 0 Å². The van der Waals surface area contributed by atoms with Gasteiger partial charge in [0.1, 0.15) is 5.66 Å². The van der Waals surface area contributed by atoms with Gasteiger partial charge in [-0.2, -0.15) is 0 Å². The summed E-state index contributed by atoms with van der Waals surface area (Å²) in [4.78, 5) is 0. The van der Waals surface area contributed by atoms with E-state index in [1.54, 1.807) is 0 Å². The third-order valence-electron chi connectivity index (χ3n) is 2.80. The van der Waals surface area contributed by atoms with Crippen molar-refractivity contribution < 1.29 is 0 Å². The summed E-state index contributed by atoms with van der Waals surface area (Å²) in [5, 5.41) is 0. The van der Waals surface area contributed by atoms with Crippen LogP contribution in [-0.4, -0.2) is 0 Å². The zero-order chi connectivity index (χ0) is 14.2. The average Bonchev–Trinajstić information content (AvgIpc) is 2.41. The second-order valence-electron chi connectivity index (χ2n) is 4.08. The van der Waals surface area contributed by atoms with Gasteiger partial charge in [-0.05, 0) is 75.3 Å². The van der Waals surface area contributed by atoms with Gasteiger partial charge in [-0.15, -0.1) is 0 Å². The standard InChI is InChI=1S/C13H10Br4N2/c14-9-6-8(10(15)12(17)11(9)16)13(18,19)7-4-2-1-3-5-7/h1-6H,18-19H2. The molecule has 19 heavy (non-hydrogen) atoms. The minimum absolute atomic E-state index is 0.792. The number of hydrogen-bond acceptors (Lipinski definition) is 2. The normalized spacial score (nSPS) is 11.7. The zero-order valence-corrected chi connectivity index (χ0v) is 16.0. The Labute approximate surface area is 145 Å². The van der Waals surface area contributed by atoms with Gasteiger partial charge in [0.15, 0.2) is 0 Å². The van der Waals surface area contributed by atoms with E-state index in [1.807, 2.05) is 36.4 Å². The molecule has 0 aliphatic heterocycles. The predicted molar refractivity (Wildman–Crippen MR) is 92.8 cm³/mol. The van der Waals surface area contributed by atoms with Crippen LogP contribution in [0.1, 0.15) is 11.1 Å². The van der Waals surface area contributed by atoms with Crippen molar-refractivity contribution in [2.24, 2.45) is 11.5 Å².